The number of benzene rings is 1. The Morgan fingerprint density at radius 2 is 2.07 bits per heavy atom. The summed E-state index contributed by atoms with van der Waals surface area (Å²) in [6.45, 7) is 2.91. The monoisotopic (exact) mass is 379 g/mol. The lowest BCUT2D eigenvalue weighted by molar-refractivity contribution is 0.0955. The number of para-hydroxylation sites is 1. The van der Waals surface area contributed by atoms with Gasteiger partial charge in [-0.1, -0.05) is 12.1 Å². The molecule has 0 atom stereocenters. The second-order valence-electron chi connectivity index (χ2n) is 5.83. The van der Waals surface area contributed by atoms with E-state index < -0.39 is 0 Å². The van der Waals surface area contributed by atoms with Crippen molar-refractivity contribution in [3.8, 4) is 5.82 Å². The summed E-state index contributed by atoms with van der Waals surface area (Å²) < 4.78 is 2.69. The summed E-state index contributed by atoms with van der Waals surface area (Å²) in [4.78, 5) is 25.0. The summed E-state index contributed by atoms with van der Waals surface area (Å²) in [7, 11) is 0. The Morgan fingerprint density at radius 3 is 2.89 bits per heavy atom. The molecule has 0 saturated heterocycles. The Labute approximate surface area is 159 Å². The van der Waals surface area contributed by atoms with Gasteiger partial charge in [-0.2, -0.15) is 5.10 Å². The molecule has 0 spiro atoms. The molecule has 3 heterocycles. The largest absolute Gasteiger partial charge is 0.368 e. The van der Waals surface area contributed by atoms with Gasteiger partial charge in [-0.3, -0.25) is 4.79 Å². The third-order valence-electron chi connectivity index (χ3n) is 3.81. The molecule has 0 fully saturated rings. The van der Waals surface area contributed by atoms with E-state index in [4.69, 9.17) is 0 Å². The fourth-order valence-electron chi connectivity index (χ4n) is 2.52. The van der Waals surface area contributed by atoms with Crippen LogP contribution in [0, 0.1) is 6.92 Å². The van der Waals surface area contributed by atoms with Crippen molar-refractivity contribution >= 4 is 33.3 Å². The van der Waals surface area contributed by atoms with Crippen LogP contribution in [0.1, 0.15) is 15.5 Å². The third kappa shape index (κ3) is 3.93. The Balaban J connectivity index is 1.31. The van der Waals surface area contributed by atoms with Gasteiger partial charge in [0.15, 0.2) is 10.8 Å². The first-order chi connectivity index (χ1) is 13.2. The van der Waals surface area contributed by atoms with E-state index >= 15 is 0 Å². The van der Waals surface area contributed by atoms with Gasteiger partial charge in [0.05, 0.1) is 15.9 Å². The van der Waals surface area contributed by atoms with Crippen LogP contribution in [0.5, 0.6) is 0 Å². The van der Waals surface area contributed by atoms with E-state index in [-0.39, 0.29) is 5.91 Å². The van der Waals surface area contributed by atoms with E-state index in [1.807, 2.05) is 49.5 Å². The first kappa shape index (κ1) is 17.1. The van der Waals surface area contributed by atoms with Crippen LogP contribution in [0.3, 0.4) is 0 Å². The maximum Gasteiger partial charge on any atom is 0.280 e. The predicted octanol–water partition coefficient (Wildman–Crippen LogP) is 2.42. The van der Waals surface area contributed by atoms with E-state index in [2.05, 4.69) is 30.7 Å². The molecule has 0 radical (unpaired) electrons. The number of nitrogens with one attached hydrogen (secondary N) is 2. The van der Waals surface area contributed by atoms with Gasteiger partial charge in [-0.05, 0) is 25.1 Å². The van der Waals surface area contributed by atoms with Crippen molar-refractivity contribution < 1.29 is 4.79 Å². The average Bonchev–Trinajstić information content (AvgIpc) is 3.31. The van der Waals surface area contributed by atoms with Gasteiger partial charge in [-0.15, -0.1) is 11.3 Å². The number of carbonyl (C=O) groups is 1. The van der Waals surface area contributed by atoms with Gasteiger partial charge in [0, 0.05) is 25.4 Å². The molecule has 1 amide bonds. The van der Waals surface area contributed by atoms with Crippen molar-refractivity contribution in [1.82, 2.24) is 30.0 Å². The second kappa shape index (κ2) is 7.50. The summed E-state index contributed by atoms with van der Waals surface area (Å²) in [5, 5.41) is 10.8. The number of fused-ring (bicyclic) bond motifs is 1. The zero-order valence-corrected chi connectivity index (χ0v) is 15.4. The summed E-state index contributed by atoms with van der Waals surface area (Å²) in [5.41, 5.74) is 1.76. The van der Waals surface area contributed by atoms with Gasteiger partial charge in [0.1, 0.15) is 12.1 Å². The predicted molar refractivity (Wildman–Crippen MR) is 104 cm³/mol. The SMILES string of the molecule is Cc1ccn(-c2cc(NCCNC(=O)c3nc4ccccc4s3)ncn2)n1. The highest BCUT2D eigenvalue weighted by Crippen LogP contribution is 2.21. The molecule has 9 heteroatoms. The van der Waals surface area contributed by atoms with Crippen LogP contribution in [0.25, 0.3) is 16.0 Å². The molecule has 0 unspecified atom stereocenters. The molecule has 0 aliphatic rings. The lowest BCUT2D eigenvalue weighted by Crippen LogP contribution is -2.28. The maximum absolute atomic E-state index is 12.2. The summed E-state index contributed by atoms with van der Waals surface area (Å²) in [6, 6.07) is 11.4. The Hall–Kier alpha value is -3.33. The van der Waals surface area contributed by atoms with Crippen LogP contribution in [0.4, 0.5) is 5.82 Å². The van der Waals surface area contributed by atoms with Gasteiger partial charge in [-0.25, -0.2) is 19.6 Å². The number of thiazole rings is 1. The number of rotatable bonds is 6. The van der Waals surface area contributed by atoms with Crippen LogP contribution in [-0.2, 0) is 0 Å². The number of hydrogen-bond donors (Lipinski definition) is 2. The number of nitrogens with zero attached hydrogens (tertiary/aromatic N) is 5. The highest BCUT2D eigenvalue weighted by molar-refractivity contribution is 7.20. The minimum atomic E-state index is -0.173. The van der Waals surface area contributed by atoms with Gasteiger partial charge in [0.2, 0.25) is 0 Å². The molecular formula is C18H17N7OS. The molecule has 4 aromatic rings. The first-order valence-electron chi connectivity index (χ1n) is 8.41. The fraction of sp³-hybridized carbons (Fsp3) is 0.167. The highest BCUT2D eigenvalue weighted by Gasteiger charge is 2.11. The minimum absolute atomic E-state index is 0.173. The van der Waals surface area contributed by atoms with E-state index in [1.165, 1.54) is 17.7 Å². The van der Waals surface area contributed by atoms with Crippen LogP contribution in [0.15, 0.2) is 48.9 Å². The summed E-state index contributed by atoms with van der Waals surface area (Å²) in [6.07, 6.45) is 3.33. The zero-order chi connectivity index (χ0) is 18.6. The molecule has 0 bridgehead atoms. The van der Waals surface area contributed by atoms with Gasteiger partial charge >= 0.3 is 0 Å². The highest BCUT2D eigenvalue weighted by atomic mass is 32.1. The number of anilines is 1. The quantitative estimate of drug-likeness (QED) is 0.499. The number of carbonyl (C=O) groups excluding carboxylic acids is 1. The average molecular weight is 379 g/mol. The second-order valence-corrected chi connectivity index (χ2v) is 6.86. The molecule has 0 aliphatic carbocycles. The molecule has 0 saturated carbocycles. The molecule has 27 heavy (non-hydrogen) atoms. The van der Waals surface area contributed by atoms with Crippen molar-refractivity contribution in [2.75, 3.05) is 18.4 Å². The van der Waals surface area contributed by atoms with Crippen LogP contribution < -0.4 is 10.6 Å². The van der Waals surface area contributed by atoms with Crippen LogP contribution in [-0.4, -0.2) is 43.7 Å². The molecule has 8 nitrogen and oxygen atoms in total. The van der Waals surface area contributed by atoms with Crippen molar-refractivity contribution in [2.24, 2.45) is 0 Å². The lowest BCUT2D eigenvalue weighted by Gasteiger charge is -2.07. The van der Waals surface area contributed by atoms with Crippen LogP contribution >= 0.6 is 11.3 Å². The third-order valence-corrected chi connectivity index (χ3v) is 4.85. The molecule has 2 N–H and O–H groups in total. The summed E-state index contributed by atoms with van der Waals surface area (Å²) in [5.74, 6) is 1.18. The maximum atomic E-state index is 12.2. The van der Waals surface area contributed by atoms with E-state index in [9.17, 15) is 4.79 Å². The van der Waals surface area contributed by atoms with Crippen molar-refractivity contribution in [1.29, 1.82) is 0 Å². The molecule has 1 aromatic carbocycles. The van der Waals surface area contributed by atoms with E-state index in [0.29, 0.717) is 29.7 Å². The van der Waals surface area contributed by atoms with Gasteiger partial charge in [0.25, 0.3) is 5.91 Å². The van der Waals surface area contributed by atoms with E-state index in [1.54, 1.807) is 4.68 Å². The van der Waals surface area contributed by atoms with Crippen molar-refractivity contribution in [3.63, 3.8) is 0 Å². The van der Waals surface area contributed by atoms with E-state index in [0.717, 1.165) is 15.9 Å². The molecule has 0 aliphatic heterocycles. The topological polar surface area (TPSA) is 97.6 Å². The number of amides is 1. The normalized spacial score (nSPS) is 10.9. The summed E-state index contributed by atoms with van der Waals surface area (Å²) >= 11 is 1.39. The molecule has 136 valence electrons. The van der Waals surface area contributed by atoms with Crippen molar-refractivity contribution in [3.05, 3.63) is 59.6 Å². The smallest absolute Gasteiger partial charge is 0.280 e. The molecular weight excluding hydrogens is 362 g/mol. The molecule has 4 rings (SSSR count). The lowest BCUT2D eigenvalue weighted by atomic mass is 10.3. The Kier molecular flexibility index (Phi) is 4.75. The number of aromatic nitrogens is 5. The zero-order valence-electron chi connectivity index (χ0n) is 14.6. The van der Waals surface area contributed by atoms with Crippen LogP contribution in [0.2, 0.25) is 0 Å². The first-order valence-corrected chi connectivity index (χ1v) is 9.23. The number of aryl methyl sites for hydroxylation is 1. The number of hydrogen-bond acceptors (Lipinski definition) is 7. The van der Waals surface area contributed by atoms with Gasteiger partial charge < -0.3 is 10.6 Å². The Bertz CT molecular complexity index is 1050. The Morgan fingerprint density at radius 1 is 1.19 bits per heavy atom. The standard InChI is InChI=1S/C18H17N7OS/c1-12-6-9-25(24-12)16-10-15(21-11-22-16)19-7-8-20-17(26)18-23-13-4-2-3-5-14(13)27-18/h2-6,9-11H,7-8H2,1H3,(H,20,26)(H,19,21,22). The molecule has 3 aromatic heterocycles. The van der Waals surface area contributed by atoms with Crippen molar-refractivity contribution in [2.45, 2.75) is 6.92 Å². The fourth-order valence-corrected chi connectivity index (χ4v) is 3.41. The minimum Gasteiger partial charge on any atom is -0.368 e.